The summed E-state index contributed by atoms with van der Waals surface area (Å²) in [6, 6.07) is 3.78. The van der Waals surface area contributed by atoms with Crippen molar-refractivity contribution in [1.29, 1.82) is 0 Å². The smallest absolute Gasteiger partial charge is 0.408 e. The van der Waals surface area contributed by atoms with Crippen LogP contribution in [-0.2, 0) is 15.0 Å². The van der Waals surface area contributed by atoms with E-state index >= 15 is 0 Å². The Balaban J connectivity index is 2.26. The number of pyridine rings is 1. The molecule has 5 nitrogen and oxygen atoms in total. The minimum absolute atomic E-state index is 0.429. The molecule has 2 heterocycles. The van der Waals surface area contributed by atoms with Crippen molar-refractivity contribution in [2.24, 2.45) is 0 Å². The highest BCUT2D eigenvalue weighted by Crippen LogP contribution is 2.35. The number of aromatic nitrogens is 1. The molecule has 116 valence electrons. The third kappa shape index (κ3) is 4.17. The highest BCUT2D eigenvalue weighted by atomic mass is 79.9. The Morgan fingerprint density at radius 1 is 1.43 bits per heavy atom. The second-order valence-corrected chi connectivity index (χ2v) is 7.01. The Morgan fingerprint density at radius 2 is 2.10 bits per heavy atom. The molecule has 1 aliphatic rings. The van der Waals surface area contributed by atoms with Crippen LogP contribution in [0.4, 0.5) is 4.79 Å². The van der Waals surface area contributed by atoms with Gasteiger partial charge >= 0.3 is 6.09 Å². The van der Waals surface area contributed by atoms with Gasteiger partial charge in [-0.1, -0.05) is 0 Å². The summed E-state index contributed by atoms with van der Waals surface area (Å²) < 4.78 is 11.7. The molecule has 1 N–H and O–H groups in total. The normalized spacial score (nSPS) is 18.1. The number of carbonyl (C=O) groups excluding carboxylic acids is 1. The number of hydrogen-bond acceptors (Lipinski definition) is 4. The predicted molar refractivity (Wildman–Crippen MR) is 83.0 cm³/mol. The Labute approximate surface area is 133 Å². The van der Waals surface area contributed by atoms with Gasteiger partial charge in [-0.15, -0.1) is 0 Å². The van der Waals surface area contributed by atoms with Gasteiger partial charge in [0.2, 0.25) is 0 Å². The van der Waals surface area contributed by atoms with E-state index in [1.165, 1.54) is 0 Å². The van der Waals surface area contributed by atoms with Crippen LogP contribution < -0.4 is 5.32 Å². The number of carbonyl (C=O) groups is 1. The summed E-state index contributed by atoms with van der Waals surface area (Å²) in [4.78, 5) is 16.7. The number of nitrogens with zero attached hydrogens (tertiary/aromatic N) is 1. The molecule has 0 aliphatic carbocycles. The number of rotatable bonds is 2. The van der Waals surface area contributed by atoms with Crippen LogP contribution in [0.3, 0.4) is 0 Å². The van der Waals surface area contributed by atoms with E-state index in [0.717, 1.165) is 10.2 Å². The van der Waals surface area contributed by atoms with Crippen LogP contribution in [0, 0.1) is 0 Å². The van der Waals surface area contributed by atoms with Crippen molar-refractivity contribution in [2.45, 2.75) is 44.8 Å². The molecule has 1 amide bonds. The fourth-order valence-electron chi connectivity index (χ4n) is 2.38. The lowest BCUT2D eigenvalue weighted by Gasteiger charge is -2.38. The van der Waals surface area contributed by atoms with Gasteiger partial charge in [-0.3, -0.25) is 4.98 Å². The van der Waals surface area contributed by atoms with Crippen molar-refractivity contribution in [3.8, 4) is 0 Å². The third-order valence-corrected chi connectivity index (χ3v) is 3.94. The quantitative estimate of drug-likeness (QED) is 0.882. The average molecular weight is 357 g/mol. The first-order valence-corrected chi connectivity index (χ1v) is 7.82. The van der Waals surface area contributed by atoms with Crippen LogP contribution in [0.15, 0.2) is 22.8 Å². The van der Waals surface area contributed by atoms with Gasteiger partial charge in [-0.05, 0) is 61.7 Å². The lowest BCUT2D eigenvalue weighted by molar-refractivity contribution is 0.0143. The molecule has 0 spiro atoms. The molecule has 1 fully saturated rings. The Bertz CT molecular complexity index is 508. The number of halogens is 1. The monoisotopic (exact) mass is 356 g/mol. The molecule has 0 radical (unpaired) electrons. The van der Waals surface area contributed by atoms with Gasteiger partial charge in [-0.2, -0.15) is 0 Å². The van der Waals surface area contributed by atoms with Gasteiger partial charge in [-0.25, -0.2) is 4.79 Å². The number of ether oxygens (including phenoxy) is 2. The maximum absolute atomic E-state index is 12.2. The molecule has 2 rings (SSSR count). The SMILES string of the molecule is CC(C)(C)OC(=O)NC1(c2ncccc2Br)CCOCC1. The van der Waals surface area contributed by atoms with Crippen molar-refractivity contribution in [3.05, 3.63) is 28.5 Å². The van der Waals surface area contributed by atoms with Gasteiger partial charge < -0.3 is 14.8 Å². The second-order valence-electron chi connectivity index (χ2n) is 6.16. The minimum atomic E-state index is -0.555. The number of nitrogens with one attached hydrogen (secondary N) is 1. The Morgan fingerprint density at radius 3 is 2.67 bits per heavy atom. The van der Waals surface area contributed by atoms with Gasteiger partial charge in [0.15, 0.2) is 0 Å². The molecule has 1 aliphatic heterocycles. The molecule has 0 aromatic carbocycles. The Hall–Kier alpha value is -1.14. The lowest BCUT2D eigenvalue weighted by Crippen LogP contribution is -2.51. The molecule has 0 bridgehead atoms. The molecular formula is C15H21BrN2O3. The standard InChI is InChI=1S/C15H21BrN2O3/c1-14(2,3)21-13(19)18-15(6-9-20-10-7-15)12-11(16)5-4-8-17-12/h4-5,8H,6-7,9-10H2,1-3H3,(H,18,19). The second kappa shape index (κ2) is 6.32. The maximum Gasteiger partial charge on any atom is 0.408 e. The summed E-state index contributed by atoms with van der Waals surface area (Å²) in [5, 5.41) is 3.01. The van der Waals surface area contributed by atoms with E-state index in [1.54, 1.807) is 6.20 Å². The van der Waals surface area contributed by atoms with Crippen LogP contribution >= 0.6 is 15.9 Å². The number of alkyl carbamates (subject to hydrolysis) is 1. The van der Waals surface area contributed by atoms with Crippen LogP contribution in [0.5, 0.6) is 0 Å². The molecule has 1 saturated heterocycles. The zero-order valence-corrected chi connectivity index (χ0v) is 14.2. The molecule has 6 heteroatoms. The minimum Gasteiger partial charge on any atom is -0.444 e. The van der Waals surface area contributed by atoms with Crippen LogP contribution in [0.1, 0.15) is 39.3 Å². The van der Waals surface area contributed by atoms with E-state index < -0.39 is 17.2 Å². The first-order chi connectivity index (χ1) is 9.82. The summed E-state index contributed by atoms with van der Waals surface area (Å²) in [7, 11) is 0. The van der Waals surface area contributed by atoms with E-state index in [0.29, 0.717) is 26.1 Å². The summed E-state index contributed by atoms with van der Waals surface area (Å²) >= 11 is 3.52. The van der Waals surface area contributed by atoms with Crippen LogP contribution in [0.25, 0.3) is 0 Å². The largest absolute Gasteiger partial charge is 0.444 e. The first-order valence-electron chi connectivity index (χ1n) is 7.02. The summed E-state index contributed by atoms with van der Waals surface area (Å²) in [6.45, 7) is 6.71. The third-order valence-electron chi connectivity index (χ3n) is 3.30. The van der Waals surface area contributed by atoms with Crippen molar-refractivity contribution in [3.63, 3.8) is 0 Å². The lowest BCUT2D eigenvalue weighted by atomic mass is 9.86. The molecule has 21 heavy (non-hydrogen) atoms. The molecular weight excluding hydrogens is 336 g/mol. The summed E-state index contributed by atoms with van der Waals surface area (Å²) in [5.74, 6) is 0. The zero-order chi connectivity index (χ0) is 15.5. The molecule has 0 unspecified atom stereocenters. The van der Waals surface area contributed by atoms with E-state index in [-0.39, 0.29) is 0 Å². The molecule has 0 saturated carbocycles. The van der Waals surface area contributed by atoms with Gasteiger partial charge in [0.25, 0.3) is 0 Å². The highest BCUT2D eigenvalue weighted by molar-refractivity contribution is 9.10. The fraction of sp³-hybridized carbons (Fsp3) is 0.600. The van der Waals surface area contributed by atoms with Crippen molar-refractivity contribution in [2.75, 3.05) is 13.2 Å². The first kappa shape index (κ1) is 16.2. The van der Waals surface area contributed by atoms with Crippen molar-refractivity contribution >= 4 is 22.0 Å². The average Bonchev–Trinajstić information content (AvgIpc) is 2.37. The maximum atomic E-state index is 12.2. The van der Waals surface area contributed by atoms with E-state index in [4.69, 9.17) is 9.47 Å². The number of hydrogen-bond donors (Lipinski definition) is 1. The fourth-order valence-corrected chi connectivity index (χ4v) is 3.01. The summed E-state index contributed by atoms with van der Waals surface area (Å²) in [5.41, 5.74) is -0.266. The van der Waals surface area contributed by atoms with E-state index in [1.807, 2.05) is 32.9 Å². The van der Waals surface area contributed by atoms with E-state index in [9.17, 15) is 4.79 Å². The molecule has 1 aromatic heterocycles. The Kier molecular flexibility index (Phi) is 4.88. The highest BCUT2D eigenvalue weighted by Gasteiger charge is 2.39. The van der Waals surface area contributed by atoms with Gasteiger partial charge in [0.1, 0.15) is 5.60 Å². The molecule has 0 atom stereocenters. The molecule has 1 aromatic rings. The van der Waals surface area contributed by atoms with Gasteiger partial charge in [0.05, 0.1) is 11.2 Å². The van der Waals surface area contributed by atoms with Gasteiger partial charge in [0, 0.05) is 23.9 Å². The topological polar surface area (TPSA) is 60.5 Å². The van der Waals surface area contributed by atoms with Crippen molar-refractivity contribution in [1.82, 2.24) is 10.3 Å². The summed E-state index contributed by atoms with van der Waals surface area (Å²) in [6.07, 6.45) is 2.64. The van der Waals surface area contributed by atoms with Crippen LogP contribution in [-0.4, -0.2) is 29.9 Å². The zero-order valence-electron chi connectivity index (χ0n) is 12.6. The van der Waals surface area contributed by atoms with Crippen molar-refractivity contribution < 1.29 is 14.3 Å². The predicted octanol–water partition coefficient (Wildman–Crippen LogP) is 3.37. The van der Waals surface area contributed by atoms with Crippen LogP contribution in [0.2, 0.25) is 0 Å². The van der Waals surface area contributed by atoms with E-state index in [2.05, 4.69) is 26.2 Å². The number of amides is 1.